The van der Waals surface area contributed by atoms with Crippen molar-refractivity contribution in [1.29, 1.82) is 0 Å². The lowest BCUT2D eigenvalue weighted by Crippen LogP contribution is -2.26. The second-order valence-corrected chi connectivity index (χ2v) is 8.31. The van der Waals surface area contributed by atoms with Crippen molar-refractivity contribution in [2.24, 2.45) is 5.92 Å². The number of hydrogen-bond donors (Lipinski definition) is 2. The first kappa shape index (κ1) is 20.6. The van der Waals surface area contributed by atoms with E-state index in [9.17, 15) is 9.59 Å². The maximum Gasteiger partial charge on any atom is 0.420 e. The van der Waals surface area contributed by atoms with Crippen LogP contribution in [0.25, 0.3) is 11.0 Å². The van der Waals surface area contributed by atoms with Gasteiger partial charge in [-0.15, -0.1) is 0 Å². The van der Waals surface area contributed by atoms with Gasteiger partial charge in [-0.2, -0.15) is 0 Å². The fourth-order valence-corrected chi connectivity index (χ4v) is 2.97. The van der Waals surface area contributed by atoms with Crippen LogP contribution in [-0.2, 0) is 9.53 Å². The number of amides is 1. The van der Waals surface area contributed by atoms with Gasteiger partial charge in [0.2, 0.25) is 5.91 Å². The number of benzene rings is 1. The summed E-state index contributed by atoms with van der Waals surface area (Å²) in [7, 11) is 1.54. The van der Waals surface area contributed by atoms with Gasteiger partial charge in [0.1, 0.15) is 35.6 Å². The molecular weight excluding hydrogens is 400 g/mol. The number of nitrogens with one attached hydrogen (secondary N) is 2. The van der Waals surface area contributed by atoms with Gasteiger partial charge in [-0.3, -0.25) is 4.79 Å². The van der Waals surface area contributed by atoms with Gasteiger partial charge in [0.15, 0.2) is 0 Å². The summed E-state index contributed by atoms with van der Waals surface area (Å²) in [6.07, 6.45) is 4.06. The van der Waals surface area contributed by atoms with Crippen LogP contribution in [0.5, 0.6) is 5.75 Å². The zero-order chi connectivity index (χ0) is 22.2. The molecule has 0 aliphatic heterocycles. The lowest BCUT2D eigenvalue weighted by molar-refractivity contribution is -0.117. The molecule has 3 aromatic rings. The molecule has 10 heteroatoms. The summed E-state index contributed by atoms with van der Waals surface area (Å²) in [5.41, 5.74) is 1.06. The van der Waals surface area contributed by atoms with E-state index in [0.29, 0.717) is 34.1 Å². The fourth-order valence-electron chi connectivity index (χ4n) is 2.97. The van der Waals surface area contributed by atoms with Crippen LogP contribution in [-0.4, -0.2) is 44.2 Å². The summed E-state index contributed by atoms with van der Waals surface area (Å²) in [5.74, 6) is 1.42. The van der Waals surface area contributed by atoms with Gasteiger partial charge in [-0.1, -0.05) is 0 Å². The molecule has 0 spiro atoms. The highest BCUT2D eigenvalue weighted by atomic mass is 16.6. The summed E-state index contributed by atoms with van der Waals surface area (Å²) < 4.78 is 12.3. The molecule has 0 saturated heterocycles. The van der Waals surface area contributed by atoms with E-state index in [0.717, 1.165) is 12.8 Å². The summed E-state index contributed by atoms with van der Waals surface area (Å²) in [6.45, 7) is 5.40. The quantitative estimate of drug-likeness (QED) is 0.636. The van der Waals surface area contributed by atoms with Crippen LogP contribution in [0.15, 0.2) is 30.9 Å². The van der Waals surface area contributed by atoms with Gasteiger partial charge in [0, 0.05) is 18.1 Å². The van der Waals surface area contributed by atoms with E-state index in [1.54, 1.807) is 46.1 Å². The smallest absolute Gasteiger partial charge is 0.420 e. The maximum atomic E-state index is 12.6. The zero-order valence-electron chi connectivity index (χ0n) is 17.8. The Morgan fingerprint density at radius 1 is 1.10 bits per heavy atom. The van der Waals surface area contributed by atoms with Crippen LogP contribution < -0.4 is 15.4 Å². The van der Waals surface area contributed by atoms with Gasteiger partial charge in [0.25, 0.3) is 0 Å². The number of carbonyl (C=O) groups is 2. The van der Waals surface area contributed by atoms with Crippen molar-refractivity contribution in [2.45, 2.75) is 39.2 Å². The van der Waals surface area contributed by atoms with Crippen molar-refractivity contribution in [1.82, 2.24) is 19.5 Å². The summed E-state index contributed by atoms with van der Waals surface area (Å²) in [5, 5.41) is 5.95. The average molecular weight is 424 g/mol. The number of imidazole rings is 1. The van der Waals surface area contributed by atoms with Gasteiger partial charge in [-0.25, -0.2) is 24.3 Å². The molecule has 162 valence electrons. The average Bonchev–Trinajstić information content (AvgIpc) is 3.47. The summed E-state index contributed by atoms with van der Waals surface area (Å²) in [6, 6.07) is 5.08. The second kappa shape index (κ2) is 7.86. The Labute approximate surface area is 179 Å². The predicted octanol–water partition coefficient (Wildman–Crippen LogP) is 3.71. The summed E-state index contributed by atoms with van der Waals surface area (Å²) >= 11 is 0. The molecule has 31 heavy (non-hydrogen) atoms. The molecule has 0 bridgehead atoms. The summed E-state index contributed by atoms with van der Waals surface area (Å²) in [4.78, 5) is 37.1. The molecule has 1 aromatic carbocycles. The molecule has 0 radical (unpaired) electrons. The molecule has 0 atom stereocenters. The molecule has 2 aromatic heterocycles. The molecule has 1 aliphatic rings. The minimum atomic E-state index is -0.635. The molecule has 1 saturated carbocycles. The minimum Gasteiger partial charge on any atom is -0.494 e. The third-order valence-electron chi connectivity index (χ3n) is 4.59. The van der Waals surface area contributed by atoms with Crippen LogP contribution in [0, 0.1) is 5.92 Å². The van der Waals surface area contributed by atoms with Crippen LogP contribution in [0.1, 0.15) is 33.6 Å². The largest absolute Gasteiger partial charge is 0.494 e. The highest BCUT2D eigenvalue weighted by molar-refractivity contribution is 5.94. The molecule has 1 amide bonds. The highest BCUT2D eigenvalue weighted by Gasteiger charge is 2.29. The Morgan fingerprint density at radius 3 is 2.52 bits per heavy atom. The van der Waals surface area contributed by atoms with E-state index < -0.39 is 11.7 Å². The number of aromatic nitrogens is 4. The first-order chi connectivity index (χ1) is 14.7. The van der Waals surface area contributed by atoms with E-state index in [2.05, 4.69) is 25.6 Å². The second-order valence-electron chi connectivity index (χ2n) is 8.31. The van der Waals surface area contributed by atoms with Crippen molar-refractivity contribution >= 4 is 40.4 Å². The fraction of sp³-hybridized carbons (Fsp3) is 0.381. The number of methoxy groups -OCH3 is 1. The standard InChI is InChI=1S/C21H24N6O4/c1-21(2,3)31-20(29)27-11-24-13-8-16(30-4)14(7-15(13)27)25-17-9-18(23-10-22-17)26-19(28)12-5-6-12/h7-12H,5-6H2,1-4H3,(H2,22,23,25,26,28). The van der Waals surface area contributed by atoms with Crippen molar-refractivity contribution in [2.75, 3.05) is 17.7 Å². The van der Waals surface area contributed by atoms with Crippen LogP contribution in [0.3, 0.4) is 0 Å². The first-order valence-electron chi connectivity index (χ1n) is 9.92. The number of nitrogens with zero attached hydrogens (tertiary/aromatic N) is 4. The van der Waals surface area contributed by atoms with Crippen LogP contribution >= 0.6 is 0 Å². The zero-order valence-corrected chi connectivity index (χ0v) is 17.8. The SMILES string of the molecule is COc1cc2ncn(C(=O)OC(C)(C)C)c2cc1Nc1cc(NC(=O)C2CC2)ncn1. The van der Waals surface area contributed by atoms with Gasteiger partial charge >= 0.3 is 6.09 Å². The van der Waals surface area contributed by atoms with E-state index in [4.69, 9.17) is 9.47 Å². The number of ether oxygens (including phenoxy) is 2. The van der Waals surface area contributed by atoms with Crippen LogP contribution in [0.4, 0.5) is 22.1 Å². The molecular formula is C21H24N6O4. The lowest BCUT2D eigenvalue weighted by atomic mass is 10.2. The molecule has 2 heterocycles. The van der Waals surface area contributed by atoms with Gasteiger partial charge < -0.3 is 20.1 Å². The van der Waals surface area contributed by atoms with E-state index in [1.807, 2.05) is 0 Å². The predicted molar refractivity (Wildman–Crippen MR) is 115 cm³/mol. The Bertz CT molecular complexity index is 1150. The third-order valence-corrected chi connectivity index (χ3v) is 4.59. The van der Waals surface area contributed by atoms with Gasteiger partial charge in [-0.05, 0) is 39.7 Å². The minimum absolute atomic E-state index is 0.0371. The van der Waals surface area contributed by atoms with Crippen LogP contribution in [0.2, 0.25) is 0 Å². The Kier molecular flexibility index (Phi) is 5.22. The van der Waals surface area contributed by atoms with E-state index >= 15 is 0 Å². The van der Waals surface area contributed by atoms with Crippen molar-refractivity contribution in [3.8, 4) is 5.75 Å². The number of fused-ring (bicyclic) bond motifs is 1. The van der Waals surface area contributed by atoms with Crippen molar-refractivity contribution in [3.05, 3.63) is 30.9 Å². The molecule has 4 rings (SSSR count). The van der Waals surface area contributed by atoms with Crippen molar-refractivity contribution < 1.29 is 19.1 Å². The van der Waals surface area contributed by atoms with Gasteiger partial charge in [0.05, 0.1) is 23.8 Å². The number of carbonyl (C=O) groups excluding carboxylic acids is 2. The molecule has 1 aliphatic carbocycles. The maximum absolute atomic E-state index is 12.6. The Morgan fingerprint density at radius 2 is 1.84 bits per heavy atom. The Hall–Kier alpha value is -3.69. The number of hydrogen-bond acceptors (Lipinski definition) is 8. The highest BCUT2D eigenvalue weighted by Crippen LogP contribution is 2.33. The normalized spacial score (nSPS) is 13.7. The monoisotopic (exact) mass is 424 g/mol. The first-order valence-corrected chi connectivity index (χ1v) is 9.92. The molecule has 10 nitrogen and oxygen atoms in total. The van der Waals surface area contributed by atoms with E-state index in [1.165, 1.54) is 17.2 Å². The number of anilines is 3. The molecule has 1 fully saturated rings. The lowest BCUT2D eigenvalue weighted by Gasteiger charge is -2.19. The topological polar surface area (TPSA) is 120 Å². The van der Waals surface area contributed by atoms with E-state index in [-0.39, 0.29) is 11.8 Å². The molecule has 0 unspecified atom stereocenters. The number of rotatable bonds is 5. The Balaban J connectivity index is 1.63. The molecule has 2 N–H and O–H groups in total. The third kappa shape index (κ3) is 4.73. The van der Waals surface area contributed by atoms with Crippen molar-refractivity contribution in [3.63, 3.8) is 0 Å².